The molecule has 0 rings (SSSR count). The number of hydrogen-bond acceptors (Lipinski definition) is 2. The molecule has 0 fully saturated rings. The normalized spacial score (nSPS) is 14.7. The summed E-state index contributed by atoms with van der Waals surface area (Å²) in [5.74, 6) is -7.87. The maximum atomic E-state index is 13.2. The van der Waals surface area contributed by atoms with Crippen LogP contribution in [0.5, 0.6) is 0 Å². The quantitative estimate of drug-likeness (QED) is 0.748. The lowest BCUT2D eigenvalue weighted by Gasteiger charge is -2.31. The summed E-state index contributed by atoms with van der Waals surface area (Å²) in [6, 6.07) is 0. The highest BCUT2D eigenvalue weighted by Crippen LogP contribution is 2.41. The Kier molecular flexibility index (Phi) is 3.73. The molecular weight excluding hydrogens is 217 g/mol. The average Bonchev–Trinajstić information content (AvgIpc) is 2.01. The van der Waals surface area contributed by atoms with Crippen LogP contribution in [0.1, 0.15) is 20.3 Å². The molecule has 1 unspecified atom stereocenters. The number of hydrogen-bond donors (Lipinski definition) is 2. The van der Waals surface area contributed by atoms with Gasteiger partial charge in [0.25, 0.3) is 5.92 Å². The monoisotopic (exact) mass is 228 g/mol. The molecule has 0 radical (unpaired) electrons. The fourth-order valence-corrected chi connectivity index (χ4v) is 0.816. The minimum atomic E-state index is -4.24. The third kappa shape index (κ3) is 2.60. The van der Waals surface area contributed by atoms with Crippen LogP contribution in [-0.2, 0) is 9.59 Å². The summed E-state index contributed by atoms with van der Waals surface area (Å²) < 4.78 is 39.3. The predicted molar refractivity (Wildman–Crippen MR) is 43.5 cm³/mol. The van der Waals surface area contributed by atoms with E-state index in [2.05, 4.69) is 0 Å². The van der Waals surface area contributed by atoms with Gasteiger partial charge in [0.1, 0.15) is 5.41 Å². The zero-order chi connectivity index (χ0) is 12.4. The fourth-order valence-electron chi connectivity index (χ4n) is 0.816. The van der Waals surface area contributed by atoms with Crippen molar-refractivity contribution in [2.45, 2.75) is 32.4 Å². The smallest absolute Gasteiger partial charge is 0.315 e. The van der Waals surface area contributed by atoms with Crippen molar-refractivity contribution in [1.29, 1.82) is 0 Å². The minimum Gasteiger partial charge on any atom is -0.481 e. The van der Waals surface area contributed by atoms with Crippen LogP contribution >= 0.6 is 0 Å². The van der Waals surface area contributed by atoms with Gasteiger partial charge in [-0.3, -0.25) is 9.59 Å². The first-order valence-electron chi connectivity index (χ1n) is 4.00. The van der Waals surface area contributed by atoms with E-state index in [1.54, 1.807) is 0 Å². The lowest BCUT2D eigenvalue weighted by atomic mass is 9.82. The molecule has 7 heteroatoms. The van der Waals surface area contributed by atoms with Crippen molar-refractivity contribution in [2.24, 2.45) is 5.41 Å². The van der Waals surface area contributed by atoms with Crippen molar-refractivity contribution >= 4 is 11.9 Å². The summed E-state index contributed by atoms with van der Waals surface area (Å²) >= 11 is 0. The second-order valence-corrected chi connectivity index (χ2v) is 3.62. The van der Waals surface area contributed by atoms with E-state index in [0.29, 0.717) is 13.8 Å². The van der Waals surface area contributed by atoms with E-state index in [0.717, 1.165) is 0 Å². The maximum Gasteiger partial charge on any atom is 0.315 e. The molecule has 88 valence electrons. The standard InChI is InChI=1S/C8H11F3O4/c1-7(2,6(14)15)8(10,11)4(9)3-5(12)13/h4H,3H2,1-2H3,(H,12,13)(H,14,15). The van der Waals surface area contributed by atoms with E-state index < -0.39 is 35.9 Å². The van der Waals surface area contributed by atoms with Gasteiger partial charge in [0, 0.05) is 0 Å². The molecule has 4 nitrogen and oxygen atoms in total. The summed E-state index contributed by atoms with van der Waals surface area (Å²) in [5, 5.41) is 16.6. The maximum absolute atomic E-state index is 13.2. The van der Waals surface area contributed by atoms with Gasteiger partial charge in [-0.25, -0.2) is 13.2 Å². The molecule has 0 aliphatic heterocycles. The molecule has 0 aromatic rings. The third-order valence-corrected chi connectivity index (χ3v) is 2.12. The first-order valence-corrected chi connectivity index (χ1v) is 4.00. The molecule has 0 heterocycles. The SMILES string of the molecule is CC(C)(C(=O)O)C(F)(F)C(F)CC(=O)O. The average molecular weight is 228 g/mol. The second kappa shape index (κ2) is 4.08. The molecule has 1 atom stereocenters. The molecule has 0 spiro atoms. The van der Waals surface area contributed by atoms with E-state index in [1.807, 2.05) is 0 Å². The van der Waals surface area contributed by atoms with Gasteiger partial charge < -0.3 is 10.2 Å². The predicted octanol–water partition coefficient (Wildman–Crippen LogP) is 1.55. The number of rotatable bonds is 5. The van der Waals surface area contributed by atoms with Crippen LogP contribution in [0.4, 0.5) is 13.2 Å². The van der Waals surface area contributed by atoms with Crippen LogP contribution in [0.3, 0.4) is 0 Å². The van der Waals surface area contributed by atoms with Crippen molar-refractivity contribution in [1.82, 2.24) is 0 Å². The van der Waals surface area contributed by atoms with Crippen molar-refractivity contribution in [2.75, 3.05) is 0 Å². The van der Waals surface area contributed by atoms with E-state index >= 15 is 0 Å². The van der Waals surface area contributed by atoms with Gasteiger partial charge in [-0.1, -0.05) is 0 Å². The Morgan fingerprint density at radius 1 is 1.27 bits per heavy atom. The van der Waals surface area contributed by atoms with E-state index in [9.17, 15) is 22.8 Å². The molecule has 0 aromatic carbocycles. The Balaban J connectivity index is 4.95. The lowest BCUT2D eigenvalue weighted by Crippen LogP contribution is -2.49. The summed E-state index contributed by atoms with van der Waals surface area (Å²) in [6.45, 7) is 1.29. The van der Waals surface area contributed by atoms with E-state index in [4.69, 9.17) is 10.2 Å². The van der Waals surface area contributed by atoms with Crippen LogP contribution in [0, 0.1) is 5.41 Å². The van der Waals surface area contributed by atoms with E-state index in [1.165, 1.54) is 0 Å². The fraction of sp³-hybridized carbons (Fsp3) is 0.750. The van der Waals surface area contributed by atoms with Crippen molar-refractivity contribution in [3.05, 3.63) is 0 Å². The number of alkyl halides is 3. The highest BCUT2D eigenvalue weighted by atomic mass is 19.3. The van der Waals surface area contributed by atoms with Crippen LogP contribution in [0.15, 0.2) is 0 Å². The molecule has 15 heavy (non-hydrogen) atoms. The van der Waals surface area contributed by atoms with Gasteiger partial charge in [0.15, 0.2) is 6.17 Å². The van der Waals surface area contributed by atoms with Gasteiger partial charge in [-0.2, -0.15) is 0 Å². The first-order chi connectivity index (χ1) is 6.53. The van der Waals surface area contributed by atoms with Crippen molar-refractivity contribution < 1.29 is 33.0 Å². The van der Waals surface area contributed by atoms with Gasteiger partial charge in [-0.05, 0) is 13.8 Å². The molecule has 0 aliphatic carbocycles. The van der Waals surface area contributed by atoms with Gasteiger partial charge >= 0.3 is 11.9 Å². The summed E-state index contributed by atoms with van der Waals surface area (Å²) in [6.07, 6.45) is -4.45. The largest absolute Gasteiger partial charge is 0.481 e. The molecule has 2 N–H and O–H groups in total. The summed E-state index contributed by atoms with van der Waals surface area (Å²) in [7, 11) is 0. The highest BCUT2D eigenvalue weighted by Gasteiger charge is 2.58. The number of carbonyl (C=O) groups is 2. The Hall–Kier alpha value is -1.27. The molecular formula is C8H11F3O4. The van der Waals surface area contributed by atoms with Gasteiger partial charge in [-0.15, -0.1) is 0 Å². The van der Waals surface area contributed by atoms with Crippen LogP contribution in [0.2, 0.25) is 0 Å². The number of carboxylic acid groups (broad SMARTS) is 2. The van der Waals surface area contributed by atoms with Crippen molar-refractivity contribution in [3.8, 4) is 0 Å². The minimum absolute atomic E-state index is 0.643. The Labute approximate surface area is 83.7 Å². The zero-order valence-electron chi connectivity index (χ0n) is 8.13. The molecule has 0 saturated heterocycles. The Bertz CT molecular complexity index is 275. The van der Waals surface area contributed by atoms with Gasteiger partial charge in [0.05, 0.1) is 6.42 Å². The number of halogens is 3. The van der Waals surface area contributed by atoms with Crippen molar-refractivity contribution in [3.63, 3.8) is 0 Å². The van der Waals surface area contributed by atoms with Crippen LogP contribution in [-0.4, -0.2) is 34.2 Å². The van der Waals surface area contributed by atoms with Gasteiger partial charge in [0.2, 0.25) is 0 Å². The highest BCUT2D eigenvalue weighted by molar-refractivity contribution is 5.75. The molecule has 0 amide bonds. The third-order valence-electron chi connectivity index (χ3n) is 2.12. The zero-order valence-corrected chi connectivity index (χ0v) is 8.13. The molecule has 0 bridgehead atoms. The van der Waals surface area contributed by atoms with Crippen LogP contribution in [0.25, 0.3) is 0 Å². The number of carboxylic acids is 2. The number of aliphatic carboxylic acids is 2. The molecule has 0 saturated carbocycles. The van der Waals surface area contributed by atoms with Crippen LogP contribution < -0.4 is 0 Å². The topological polar surface area (TPSA) is 74.6 Å². The summed E-state index contributed by atoms with van der Waals surface area (Å²) in [5.41, 5.74) is -2.65. The Morgan fingerprint density at radius 3 is 1.93 bits per heavy atom. The first kappa shape index (κ1) is 13.7. The second-order valence-electron chi connectivity index (χ2n) is 3.62. The summed E-state index contributed by atoms with van der Waals surface area (Å²) in [4.78, 5) is 20.5. The molecule has 0 aromatic heterocycles. The lowest BCUT2D eigenvalue weighted by molar-refractivity contribution is -0.192. The Morgan fingerprint density at radius 2 is 1.67 bits per heavy atom. The van der Waals surface area contributed by atoms with E-state index in [-0.39, 0.29) is 0 Å². The molecule has 0 aliphatic rings.